The van der Waals surface area contributed by atoms with Crippen LogP contribution in [0.3, 0.4) is 0 Å². The lowest BCUT2D eigenvalue weighted by molar-refractivity contribution is -0.119. The summed E-state index contributed by atoms with van der Waals surface area (Å²) in [5, 5.41) is 16.4. The number of hydrogen-bond acceptors (Lipinski definition) is 3. The van der Waals surface area contributed by atoms with E-state index in [1.54, 1.807) is 0 Å². The molecule has 0 spiro atoms. The smallest absolute Gasteiger partial charge is 0.338 e. The molecule has 1 saturated heterocycles. The van der Waals surface area contributed by atoms with Gasteiger partial charge in [0.05, 0.1) is 5.56 Å². The molecule has 0 aromatic heterocycles. The average Bonchev–Trinajstić information content (AvgIpc) is 2.84. The molecule has 1 unspecified atom stereocenters. The largest absolute Gasteiger partial charge is 0.478 e. The van der Waals surface area contributed by atoms with Gasteiger partial charge in [0, 0.05) is 24.7 Å². The highest BCUT2D eigenvalue weighted by Gasteiger charge is 2.21. The molecule has 21 heavy (non-hydrogen) atoms. The maximum Gasteiger partial charge on any atom is 0.338 e. The van der Waals surface area contributed by atoms with Crippen LogP contribution in [-0.4, -0.2) is 35.6 Å². The fourth-order valence-corrected chi connectivity index (χ4v) is 1.99. The Kier molecular flexibility index (Phi) is 4.36. The molecule has 0 bridgehead atoms. The number of anilines is 1. The molecule has 7 nitrogen and oxygen atoms in total. The number of carbonyl (C=O) groups excluding carboxylic acids is 2. The van der Waals surface area contributed by atoms with Gasteiger partial charge in [0.15, 0.2) is 0 Å². The van der Waals surface area contributed by atoms with Gasteiger partial charge in [-0.25, -0.2) is 14.0 Å². The molecule has 0 radical (unpaired) electrons. The number of halogens is 1. The Morgan fingerprint density at radius 2 is 2.19 bits per heavy atom. The predicted octanol–water partition coefficient (Wildman–Crippen LogP) is 0.924. The zero-order valence-electron chi connectivity index (χ0n) is 11.0. The van der Waals surface area contributed by atoms with E-state index in [1.807, 2.05) is 0 Å². The van der Waals surface area contributed by atoms with E-state index >= 15 is 0 Å². The van der Waals surface area contributed by atoms with Crippen LogP contribution in [-0.2, 0) is 4.79 Å². The number of rotatable bonds is 4. The molecule has 112 valence electrons. The van der Waals surface area contributed by atoms with E-state index in [9.17, 15) is 18.8 Å². The molecule has 4 N–H and O–H groups in total. The molecule has 1 atom stereocenters. The van der Waals surface area contributed by atoms with Crippen LogP contribution in [0.15, 0.2) is 18.2 Å². The van der Waals surface area contributed by atoms with E-state index in [4.69, 9.17) is 5.11 Å². The van der Waals surface area contributed by atoms with Crippen molar-refractivity contribution in [2.45, 2.75) is 18.9 Å². The number of amides is 3. The second-order valence-electron chi connectivity index (χ2n) is 4.64. The highest BCUT2D eigenvalue weighted by atomic mass is 19.1. The van der Waals surface area contributed by atoms with E-state index in [0.29, 0.717) is 12.8 Å². The number of carbonyl (C=O) groups is 3. The van der Waals surface area contributed by atoms with Crippen LogP contribution < -0.4 is 16.0 Å². The van der Waals surface area contributed by atoms with Gasteiger partial charge in [0.25, 0.3) is 0 Å². The molecule has 1 aromatic rings. The van der Waals surface area contributed by atoms with Crippen molar-refractivity contribution in [3.05, 3.63) is 29.6 Å². The van der Waals surface area contributed by atoms with Gasteiger partial charge in [-0.05, 0) is 24.6 Å². The summed E-state index contributed by atoms with van der Waals surface area (Å²) in [7, 11) is 0. The van der Waals surface area contributed by atoms with E-state index < -0.39 is 23.4 Å². The lowest BCUT2D eigenvalue weighted by atomic mass is 10.2. The van der Waals surface area contributed by atoms with E-state index in [-0.39, 0.29) is 24.2 Å². The SMILES string of the molecule is O=C1CCC(CNC(=O)Nc2ccc(F)c(C(=O)O)c2)N1. The molecule has 3 amide bonds. The Hall–Kier alpha value is -2.64. The van der Waals surface area contributed by atoms with Crippen LogP contribution in [0.2, 0.25) is 0 Å². The maximum atomic E-state index is 13.2. The minimum atomic E-state index is -1.41. The monoisotopic (exact) mass is 295 g/mol. The van der Waals surface area contributed by atoms with Crippen molar-refractivity contribution < 1.29 is 23.9 Å². The first-order valence-electron chi connectivity index (χ1n) is 6.33. The Bertz CT molecular complexity index is 591. The number of aromatic carboxylic acids is 1. The summed E-state index contributed by atoms with van der Waals surface area (Å²) in [5.74, 6) is -2.33. The van der Waals surface area contributed by atoms with Gasteiger partial charge in [0.1, 0.15) is 5.82 Å². The highest BCUT2D eigenvalue weighted by Crippen LogP contribution is 2.14. The van der Waals surface area contributed by atoms with Gasteiger partial charge in [0.2, 0.25) is 5.91 Å². The van der Waals surface area contributed by atoms with Gasteiger partial charge >= 0.3 is 12.0 Å². The first-order valence-corrected chi connectivity index (χ1v) is 6.33. The van der Waals surface area contributed by atoms with Crippen molar-refractivity contribution in [2.24, 2.45) is 0 Å². The Morgan fingerprint density at radius 3 is 2.81 bits per heavy atom. The molecular weight excluding hydrogens is 281 g/mol. The van der Waals surface area contributed by atoms with Gasteiger partial charge in [-0.1, -0.05) is 0 Å². The van der Waals surface area contributed by atoms with Crippen molar-refractivity contribution in [3.63, 3.8) is 0 Å². The normalized spacial score (nSPS) is 17.2. The number of carboxylic acids is 1. The molecule has 2 rings (SSSR count). The van der Waals surface area contributed by atoms with Crippen LogP contribution in [0.25, 0.3) is 0 Å². The minimum Gasteiger partial charge on any atom is -0.478 e. The first kappa shape index (κ1) is 14.8. The van der Waals surface area contributed by atoms with Crippen LogP contribution in [0, 0.1) is 5.82 Å². The van der Waals surface area contributed by atoms with Crippen molar-refractivity contribution >= 4 is 23.6 Å². The average molecular weight is 295 g/mol. The van der Waals surface area contributed by atoms with E-state index in [0.717, 1.165) is 12.1 Å². The molecule has 0 aliphatic carbocycles. The molecular formula is C13H14FN3O4. The lowest BCUT2D eigenvalue weighted by Crippen LogP contribution is -2.40. The standard InChI is InChI=1S/C13H14FN3O4/c14-10-3-1-7(5-9(10)12(19)20)17-13(21)15-6-8-2-4-11(18)16-8/h1,3,5,8H,2,4,6H2,(H,16,18)(H,19,20)(H2,15,17,21). The van der Waals surface area contributed by atoms with Gasteiger partial charge in [-0.3, -0.25) is 4.79 Å². The third kappa shape index (κ3) is 3.91. The van der Waals surface area contributed by atoms with Crippen LogP contribution in [0.5, 0.6) is 0 Å². The van der Waals surface area contributed by atoms with Crippen molar-refractivity contribution in [3.8, 4) is 0 Å². The number of nitrogens with one attached hydrogen (secondary N) is 3. The second-order valence-corrected chi connectivity index (χ2v) is 4.64. The molecule has 1 fully saturated rings. The van der Waals surface area contributed by atoms with E-state index in [1.165, 1.54) is 6.07 Å². The van der Waals surface area contributed by atoms with Gasteiger partial charge < -0.3 is 21.1 Å². The third-order valence-electron chi connectivity index (χ3n) is 3.05. The topological polar surface area (TPSA) is 108 Å². The molecule has 0 saturated carbocycles. The van der Waals surface area contributed by atoms with Crippen LogP contribution in [0.4, 0.5) is 14.9 Å². The number of carboxylic acid groups (broad SMARTS) is 1. The molecule has 1 aliphatic rings. The number of urea groups is 1. The summed E-state index contributed by atoms with van der Waals surface area (Å²) in [5.41, 5.74) is -0.349. The summed E-state index contributed by atoms with van der Waals surface area (Å²) in [6.07, 6.45) is 1.09. The van der Waals surface area contributed by atoms with Gasteiger partial charge in [-0.2, -0.15) is 0 Å². The zero-order valence-corrected chi connectivity index (χ0v) is 11.0. The summed E-state index contributed by atoms with van der Waals surface area (Å²) in [6.45, 7) is 0.268. The molecule has 1 aromatic carbocycles. The molecule has 1 heterocycles. The quantitative estimate of drug-likeness (QED) is 0.662. The van der Waals surface area contributed by atoms with Crippen LogP contribution >= 0.6 is 0 Å². The Labute approximate surface area is 119 Å². The lowest BCUT2D eigenvalue weighted by Gasteiger charge is -2.12. The second kappa shape index (κ2) is 6.21. The summed E-state index contributed by atoms with van der Waals surface area (Å²) >= 11 is 0. The van der Waals surface area contributed by atoms with E-state index in [2.05, 4.69) is 16.0 Å². The fraction of sp³-hybridized carbons (Fsp3) is 0.308. The van der Waals surface area contributed by atoms with Crippen molar-refractivity contribution in [1.29, 1.82) is 0 Å². The Morgan fingerprint density at radius 1 is 1.43 bits per heavy atom. The molecule has 1 aliphatic heterocycles. The third-order valence-corrected chi connectivity index (χ3v) is 3.05. The van der Waals surface area contributed by atoms with Crippen LogP contribution in [0.1, 0.15) is 23.2 Å². The summed E-state index contributed by atoms with van der Waals surface area (Å²) in [4.78, 5) is 33.4. The van der Waals surface area contributed by atoms with Crippen molar-refractivity contribution in [2.75, 3.05) is 11.9 Å². The summed E-state index contributed by atoms with van der Waals surface area (Å²) < 4.78 is 13.2. The fourth-order valence-electron chi connectivity index (χ4n) is 1.99. The number of hydrogen-bond donors (Lipinski definition) is 4. The zero-order chi connectivity index (χ0) is 15.4. The number of benzene rings is 1. The van der Waals surface area contributed by atoms with Gasteiger partial charge in [-0.15, -0.1) is 0 Å². The minimum absolute atomic E-state index is 0.0492. The highest BCUT2D eigenvalue weighted by molar-refractivity contribution is 5.93. The maximum absolute atomic E-state index is 13.2. The molecule has 8 heteroatoms. The summed E-state index contributed by atoms with van der Waals surface area (Å²) in [6, 6.07) is 2.61. The van der Waals surface area contributed by atoms with Crippen molar-refractivity contribution in [1.82, 2.24) is 10.6 Å². The Balaban J connectivity index is 1.89. The first-order chi connectivity index (χ1) is 9.95. The predicted molar refractivity (Wildman–Crippen MR) is 71.5 cm³/mol.